The van der Waals surface area contributed by atoms with Crippen LogP contribution in [0.15, 0.2) is 34.7 Å². The Morgan fingerprint density at radius 1 is 1.24 bits per heavy atom. The van der Waals surface area contributed by atoms with Crippen LogP contribution in [0.5, 0.6) is 0 Å². The topological polar surface area (TPSA) is 71.3 Å². The molecule has 0 spiro atoms. The molecule has 2 amide bonds. The number of benzene rings is 1. The third-order valence-electron chi connectivity index (χ3n) is 2.80. The SMILES string of the molecule is Cc1cc(C(=O)NCC(=O)Nc2cccc(Cl)c2)c(C)o1. The minimum atomic E-state index is -0.342. The number of halogens is 1. The first-order valence-electron chi connectivity index (χ1n) is 6.36. The highest BCUT2D eigenvalue weighted by Gasteiger charge is 2.14. The number of anilines is 1. The van der Waals surface area contributed by atoms with Gasteiger partial charge in [0.1, 0.15) is 11.5 Å². The molecule has 0 saturated carbocycles. The van der Waals surface area contributed by atoms with Gasteiger partial charge in [0, 0.05) is 10.7 Å². The number of carbonyl (C=O) groups is 2. The van der Waals surface area contributed by atoms with Gasteiger partial charge in [0.2, 0.25) is 5.91 Å². The van der Waals surface area contributed by atoms with Crippen LogP contribution in [0.1, 0.15) is 21.9 Å². The number of hydrogen-bond donors (Lipinski definition) is 2. The first-order valence-corrected chi connectivity index (χ1v) is 6.74. The zero-order valence-corrected chi connectivity index (χ0v) is 12.5. The van der Waals surface area contributed by atoms with Gasteiger partial charge in [-0.2, -0.15) is 0 Å². The lowest BCUT2D eigenvalue weighted by Gasteiger charge is -2.06. The molecule has 2 aromatic rings. The summed E-state index contributed by atoms with van der Waals surface area (Å²) in [5, 5.41) is 5.72. The molecule has 6 heteroatoms. The van der Waals surface area contributed by atoms with Crippen molar-refractivity contribution in [3.63, 3.8) is 0 Å². The van der Waals surface area contributed by atoms with E-state index in [-0.39, 0.29) is 18.4 Å². The number of hydrogen-bond acceptors (Lipinski definition) is 3. The second kappa shape index (κ2) is 6.45. The van der Waals surface area contributed by atoms with E-state index in [1.54, 1.807) is 44.2 Å². The molecule has 1 aromatic carbocycles. The molecule has 1 aromatic heterocycles. The summed E-state index contributed by atoms with van der Waals surface area (Å²) in [6, 6.07) is 8.43. The lowest BCUT2D eigenvalue weighted by Crippen LogP contribution is -2.32. The summed E-state index contributed by atoms with van der Waals surface area (Å²) in [6.07, 6.45) is 0. The Hall–Kier alpha value is -2.27. The van der Waals surface area contributed by atoms with Gasteiger partial charge >= 0.3 is 0 Å². The number of nitrogens with one attached hydrogen (secondary N) is 2. The van der Waals surface area contributed by atoms with Gasteiger partial charge in [-0.15, -0.1) is 0 Å². The number of furan rings is 1. The Labute approximate surface area is 127 Å². The monoisotopic (exact) mass is 306 g/mol. The molecular formula is C15H15ClN2O3. The fraction of sp³-hybridized carbons (Fsp3) is 0.200. The Kier molecular flexibility index (Phi) is 4.65. The van der Waals surface area contributed by atoms with Crippen molar-refractivity contribution in [2.24, 2.45) is 0 Å². The molecular weight excluding hydrogens is 292 g/mol. The maximum Gasteiger partial charge on any atom is 0.255 e. The molecule has 0 radical (unpaired) electrons. The summed E-state index contributed by atoms with van der Waals surface area (Å²) >= 11 is 5.82. The van der Waals surface area contributed by atoms with Gasteiger partial charge in [0.25, 0.3) is 5.91 Å². The summed E-state index contributed by atoms with van der Waals surface area (Å²) in [7, 11) is 0. The minimum Gasteiger partial charge on any atom is -0.466 e. The van der Waals surface area contributed by atoms with Gasteiger partial charge in [-0.3, -0.25) is 9.59 Å². The highest BCUT2D eigenvalue weighted by Crippen LogP contribution is 2.15. The van der Waals surface area contributed by atoms with Crippen LogP contribution in [-0.4, -0.2) is 18.4 Å². The van der Waals surface area contributed by atoms with Crippen molar-refractivity contribution in [2.75, 3.05) is 11.9 Å². The molecule has 0 saturated heterocycles. The fourth-order valence-corrected chi connectivity index (χ4v) is 2.07. The van der Waals surface area contributed by atoms with Gasteiger partial charge in [0.15, 0.2) is 0 Å². The largest absolute Gasteiger partial charge is 0.466 e. The zero-order valence-electron chi connectivity index (χ0n) is 11.7. The Morgan fingerprint density at radius 3 is 2.62 bits per heavy atom. The molecule has 0 aliphatic carbocycles. The van der Waals surface area contributed by atoms with E-state index in [0.717, 1.165) is 0 Å². The maximum atomic E-state index is 11.9. The molecule has 0 aliphatic rings. The standard InChI is InChI=1S/C15H15ClN2O3/c1-9-6-13(10(2)21-9)15(20)17-8-14(19)18-12-5-3-4-11(16)7-12/h3-7H,8H2,1-2H3,(H,17,20)(H,18,19). The van der Waals surface area contributed by atoms with E-state index in [1.807, 2.05) is 0 Å². The van der Waals surface area contributed by atoms with Crippen LogP contribution in [0.25, 0.3) is 0 Å². The number of rotatable bonds is 4. The minimum absolute atomic E-state index is 0.130. The summed E-state index contributed by atoms with van der Waals surface area (Å²) in [5.74, 6) is 0.510. The smallest absolute Gasteiger partial charge is 0.255 e. The lowest BCUT2D eigenvalue weighted by molar-refractivity contribution is -0.115. The molecule has 0 fully saturated rings. The summed E-state index contributed by atoms with van der Waals surface area (Å²) in [4.78, 5) is 23.7. The summed E-state index contributed by atoms with van der Waals surface area (Å²) < 4.78 is 5.28. The van der Waals surface area contributed by atoms with Crippen molar-refractivity contribution in [1.29, 1.82) is 0 Å². The summed E-state index contributed by atoms with van der Waals surface area (Å²) in [6.45, 7) is 3.33. The third kappa shape index (κ3) is 4.10. The average Bonchev–Trinajstić information content (AvgIpc) is 2.75. The first kappa shape index (κ1) is 15.1. The van der Waals surface area contributed by atoms with Crippen molar-refractivity contribution in [3.8, 4) is 0 Å². The zero-order chi connectivity index (χ0) is 15.4. The number of aryl methyl sites for hydroxylation is 2. The molecule has 5 nitrogen and oxygen atoms in total. The van der Waals surface area contributed by atoms with Gasteiger partial charge in [-0.1, -0.05) is 17.7 Å². The molecule has 2 rings (SSSR count). The van der Waals surface area contributed by atoms with Gasteiger partial charge in [0.05, 0.1) is 12.1 Å². The Morgan fingerprint density at radius 2 is 2.00 bits per heavy atom. The van der Waals surface area contributed by atoms with Crippen LogP contribution in [0.3, 0.4) is 0 Å². The van der Waals surface area contributed by atoms with E-state index < -0.39 is 0 Å². The van der Waals surface area contributed by atoms with Crippen LogP contribution in [0, 0.1) is 13.8 Å². The van der Waals surface area contributed by atoms with Crippen LogP contribution in [0.4, 0.5) is 5.69 Å². The van der Waals surface area contributed by atoms with Crippen molar-refractivity contribution >= 4 is 29.1 Å². The normalized spacial score (nSPS) is 10.2. The van der Waals surface area contributed by atoms with Gasteiger partial charge in [-0.25, -0.2) is 0 Å². The second-order valence-corrected chi connectivity index (χ2v) is 5.00. The second-order valence-electron chi connectivity index (χ2n) is 4.57. The molecule has 1 heterocycles. The van der Waals surface area contributed by atoms with E-state index in [1.165, 1.54) is 0 Å². The Balaban J connectivity index is 1.89. The van der Waals surface area contributed by atoms with Crippen molar-refractivity contribution in [2.45, 2.75) is 13.8 Å². The molecule has 0 unspecified atom stereocenters. The fourth-order valence-electron chi connectivity index (χ4n) is 1.88. The third-order valence-corrected chi connectivity index (χ3v) is 3.04. The van der Waals surface area contributed by atoms with E-state index in [9.17, 15) is 9.59 Å². The lowest BCUT2D eigenvalue weighted by atomic mass is 10.2. The van der Waals surface area contributed by atoms with Crippen LogP contribution >= 0.6 is 11.6 Å². The highest BCUT2D eigenvalue weighted by atomic mass is 35.5. The number of carbonyl (C=O) groups excluding carboxylic acids is 2. The van der Waals surface area contributed by atoms with Crippen LogP contribution in [0.2, 0.25) is 5.02 Å². The van der Waals surface area contributed by atoms with Crippen LogP contribution < -0.4 is 10.6 Å². The highest BCUT2D eigenvalue weighted by molar-refractivity contribution is 6.30. The average molecular weight is 307 g/mol. The van der Waals surface area contributed by atoms with Crippen LogP contribution in [-0.2, 0) is 4.79 Å². The number of amides is 2. The van der Waals surface area contributed by atoms with Gasteiger partial charge in [-0.05, 0) is 38.1 Å². The predicted molar refractivity (Wildman–Crippen MR) is 80.6 cm³/mol. The van der Waals surface area contributed by atoms with Crippen molar-refractivity contribution in [1.82, 2.24) is 5.32 Å². The van der Waals surface area contributed by atoms with E-state index in [0.29, 0.717) is 27.8 Å². The molecule has 0 bridgehead atoms. The predicted octanol–water partition coefficient (Wildman–Crippen LogP) is 2.92. The van der Waals surface area contributed by atoms with Crippen molar-refractivity contribution < 1.29 is 14.0 Å². The van der Waals surface area contributed by atoms with Crippen molar-refractivity contribution in [3.05, 3.63) is 52.4 Å². The van der Waals surface area contributed by atoms with Gasteiger partial charge < -0.3 is 15.1 Å². The maximum absolute atomic E-state index is 11.9. The molecule has 110 valence electrons. The molecule has 2 N–H and O–H groups in total. The molecule has 0 atom stereocenters. The molecule has 21 heavy (non-hydrogen) atoms. The molecule has 0 aliphatic heterocycles. The van der Waals surface area contributed by atoms with E-state index >= 15 is 0 Å². The quantitative estimate of drug-likeness (QED) is 0.912. The summed E-state index contributed by atoms with van der Waals surface area (Å²) in [5.41, 5.74) is 1.01. The Bertz CT molecular complexity index is 679. The van der Waals surface area contributed by atoms with E-state index in [4.69, 9.17) is 16.0 Å². The first-order chi connectivity index (χ1) is 9.95. The van der Waals surface area contributed by atoms with E-state index in [2.05, 4.69) is 10.6 Å².